The second kappa shape index (κ2) is 7.06. The molecule has 1 aliphatic rings. The van der Waals surface area contributed by atoms with Gasteiger partial charge >= 0.3 is 0 Å². The first kappa shape index (κ1) is 14.5. The number of imidazole rings is 1. The van der Waals surface area contributed by atoms with Gasteiger partial charge in [0.05, 0.1) is 0 Å². The standard InChI is InChI=1S/C15H28N4/c1-4-16-13(2)14-5-9-19(10-6-14)11-7-15-17-8-12-18(15)3/h8,12-14,16H,4-7,9-11H2,1-3H3. The van der Waals surface area contributed by atoms with Crippen molar-refractivity contribution >= 4 is 0 Å². The van der Waals surface area contributed by atoms with Gasteiger partial charge in [-0.1, -0.05) is 6.92 Å². The van der Waals surface area contributed by atoms with E-state index in [4.69, 9.17) is 0 Å². The number of piperidine rings is 1. The summed E-state index contributed by atoms with van der Waals surface area (Å²) in [4.78, 5) is 6.98. The van der Waals surface area contributed by atoms with Gasteiger partial charge in [-0.3, -0.25) is 0 Å². The van der Waals surface area contributed by atoms with Crippen LogP contribution < -0.4 is 5.32 Å². The Kier molecular flexibility index (Phi) is 5.40. The van der Waals surface area contributed by atoms with Gasteiger partial charge in [0, 0.05) is 38.4 Å². The van der Waals surface area contributed by atoms with Crippen LogP contribution in [0.25, 0.3) is 0 Å². The molecule has 0 aliphatic carbocycles. The fraction of sp³-hybridized carbons (Fsp3) is 0.800. The van der Waals surface area contributed by atoms with Crippen molar-refractivity contribution in [1.82, 2.24) is 19.8 Å². The molecule has 0 radical (unpaired) electrons. The number of hydrogen-bond acceptors (Lipinski definition) is 3. The van der Waals surface area contributed by atoms with Crippen LogP contribution in [0.3, 0.4) is 0 Å². The van der Waals surface area contributed by atoms with Gasteiger partial charge in [0.15, 0.2) is 0 Å². The third-order valence-corrected chi connectivity index (χ3v) is 4.44. The molecular formula is C15H28N4. The summed E-state index contributed by atoms with van der Waals surface area (Å²) in [5.41, 5.74) is 0. The van der Waals surface area contributed by atoms with Crippen molar-refractivity contribution in [1.29, 1.82) is 0 Å². The Labute approximate surface area is 117 Å². The average Bonchev–Trinajstić information content (AvgIpc) is 2.83. The highest BCUT2D eigenvalue weighted by Crippen LogP contribution is 2.20. The lowest BCUT2D eigenvalue weighted by Gasteiger charge is -2.35. The molecule has 1 atom stereocenters. The van der Waals surface area contributed by atoms with Gasteiger partial charge in [-0.05, 0) is 45.3 Å². The van der Waals surface area contributed by atoms with Crippen LogP contribution in [0.4, 0.5) is 0 Å². The van der Waals surface area contributed by atoms with Gasteiger partial charge < -0.3 is 14.8 Å². The van der Waals surface area contributed by atoms with Crippen LogP contribution >= 0.6 is 0 Å². The molecule has 4 nitrogen and oxygen atoms in total. The number of rotatable bonds is 6. The van der Waals surface area contributed by atoms with Crippen LogP contribution in [0.15, 0.2) is 12.4 Å². The summed E-state index contributed by atoms with van der Waals surface area (Å²) in [6.45, 7) is 9.24. The molecule has 1 N–H and O–H groups in total. The summed E-state index contributed by atoms with van der Waals surface area (Å²) in [6.07, 6.45) is 7.64. The van der Waals surface area contributed by atoms with E-state index in [-0.39, 0.29) is 0 Å². The van der Waals surface area contributed by atoms with Crippen molar-refractivity contribution in [3.63, 3.8) is 0 Å². The van der Waals surface area contributed by atoms with E-state index in [9.17, 15) is 0 Å². The molecule has 0 bridgehead atoms. The third kappa shape index (κ3) is 4.05. The summed E-state index contributed by atoms with van der Waals surface area (Å²) in [6, 6.07) is 0.668. The van der Waals surface area contributed by atoms with E-state index >= 15 is 0 Å². The second-order valence-electron chi connectivity index (χ2n) is 5.73. The van der Waals surface area contributed by atoms with E-state index in [1.54, 1.807) is 0 Å². The SMILES string of the molecule is CCNC(C)C1CCN(CCc2nccn2C)CC1. The molecule has 108 valence electrons. The van der Waals surface area contributed by atoms with E-state index < -0.39 is 0 Å². The molecule has 4 heteroatoms. The lowest BCUT2D eigenvalue weighted by Crippen LogP contribution is -2.42. The predicted molar refractivity (Wildman–Crippen MR) is 79.2 cm³/mol. The fourth-order valence-corrected chi connectivity index (χ4v) is 3.06. The quantitative estimate of drug-likeness (QED) is 0.848. The van der Waals surface area contributed by atoms with Gasteiger partial charge in [-0.15, -0.1) is 0 Å². The normalized spacial score (nSPS) is 19.7. The first-order valence-corrected chi connectivity index (χ1v) is 7.62. The Bertz CT molecular complexity index is 366. The van der Waals surface area contributed by atoms with Crippen molar-refractivity contribution in [3.8, 4) is 0 Å². The van der Waals surface area contributed by atoms with Crippen LogP contribution in [0.2, 0.25) is 0 Å². The molecule has 1 aromatic heterocycles. The van der Waals surface area contributed by atoms with Crippen LogP contribution in [0.1, 0.15) is 32.5 Å². The zero-order chi connectivity index (χ0) is 13.7. The summed E-state index contributed by atoms with van der Waals surface area (Å²) in [5, 5.41) is 3.56. The first-order chi connectivity index (χ1) is 9.20. The molecular weight excluding hydrogens is 236 g/mol. The predicted octanol–water partition coefficient (Wildman–Crippen LogP) is 1.67. The molecule has 2 heterocycles. The Hall–Kier alpha value is -0.870. The molecule has 1 fully saturated rings. The molecule has 1 aliphatic heterocycles. The molecule has 19 heavy (non-hydrogen) atoms. The lowest BCUT2D eigenvalue weighted by atomic mass is 9.90. The van der Waals surface area contributed by atoms with Crippen LogP contribution in [0.5, 0.6) is 0 Å². The summed E-state index contributed by atoms with van der Waals surface area (Å²) in [5.74, 6) is 2.05. The molecule has 1 unspecified atom stereocenters. The maximum Gasteiger partial charge on any atom is 0.109 e. The summed E-state index contributed by atoms with van der Waals surface area (Å²) < 4.78 is 2.12. The van der Waals surface area contributed by atoms with E-state index in [1.165, 1.54) is 31.8 Å². The Morgan fingerprint density at radius 3 is 2.74 bits per heavy atom. The highest BCUT2D eigenvalue weighted by atomic mass is 15.1. The monoisotopic (exact) mass is 264 g/mol. The minimum atomic E-state index is 0.668. The highest BCUT2D eigenvalue weighted by Gasteiger charge is 2.23. The number of nitrogens with one attached hydrogen (secondary N) is 1. The molecule has 0 saturated carbocycles. The second-order valence-corrected chi connectivity index (χ2v) is 5.73. The van der Waals surface area contributed by atoms with Gasteiger partial charge in [0.1, 0.15) is 5.82 Å². The minimum absolute atomic E-state index is 0.668. The fourth-order valence-electron chi connectivity index (χ4n) is 3.06. The molecule has 2 rings (SSSR count). The van der Waals surface area contributed by atoms with Crippen LogP contribution in [-0.2, 0) is 13.5 Å². The third-order valence-electron chi connectivity index (χ3n) is 4.44. The minimum Gasteiger partial charge on any atom is -0.338 e. The van der Waals surface area contributed by atoms with Crippen molar-refractivity contribution in [2.24, 2.45) is 13.0 Å². The van der Waals surface area contributed by atoms with Crippen molar-refractivity contribution in [2.45, 2.75) is 39.2 Å². The van der Waals surface area contributed by atoms with Gasteiger partial charge in [-0.2, -0.15) is 0 Å². The highest BCUT2D eigenvalue weighted by molar-refractivity contribution is 4.92. The maximum absolute atomic E-state index is 4.39. The number of aromatic nitrogens is 2. The maximum atomic E-state index is 4.39. The summed E-state index contributed by atoms with van der Waals surface area (Å²) >= 11 is 0. The number of nitrogens with zero attached hydrogens (tertiary/aromatic N) is 3. The Morgan fingerprint density at radius 1 is 1.42 bits per heavy atom. The lowest BCUT2D eigenvalue weighted by molar-refractivity contribution is 0.164. The number of hydrogen-bond donors (Lipinski definition) is 1. The topological polar surface area (TPSA) is 33.1 Å². The number of likely N-dealkylation sites (tertiary alicyclic amines) is 1. The molecule has 1 aromatic rings. The van der Waals surface area contributed by atoms with Gasteiger partial charge in [0.25, 0.3) is 0 Å². The first-order valence-electron chi connectivity index (χ1n) is 7.62. The van der Waals surface area contributed by atoms with Gasteiger partial charge in [-0.25, -0.2) is 4.98 Å². The Morgan fingerprint density at radius 2 is 2.16 bits per heavy atom. The zero-order valence-corrected chi connectivity index (χ0v) is 12.6. The van der Waals surface area contributed by atoms with Crippen molar-refractivity contribution in [3.05, 3.63) is 18.2 Å². The van der Waals surface area contributed by atoms with Crippen LogP contribution in [-0.4, -0.2) is 46.7 Å². The van der Waals surface area contributed by atoms with E-state index in [2.05, 4.69) is 40.7 Å². The zero-order valence-electron chi connectivity index (χ0n) is 12.6. The largest absolute Gasteiger partial charge is 0.338 e. The Balaban J connectivity index is 1.70. The van der Waals surface area contributed by atoms with Crippen molar-refractivity contribution < 1.29 is 0 Å². The number of aryl methyl sites for hydroxylation is 1. The molecule has 0 spiro atoms. The average molecular weight is 264 g/mol. The molecule has 0 amide bonds. The summed E-state index contributed by atoms with van der Waals surface area (Å²) in [7, 11) is 2.08. The van der Waals surface area contributed by atoms with Crippen molar-refractivity contribution in [2.75, 3.05) is 26.2 Å². The van der Waals surface area contributed by atoms with E-state index in [0.717, 1.165) is 25.4 Å². The molecule has 0 aromatic carbocycles. The smallest absolute Gasteiger partial charge is 0.109 e. The van der Waals surface area contributed by atoms with Gasteiger partial charge in [0.2, 0.25) is 0 Å². The van der Waals surface area contributed by atoms with E-state index in [1.807, 2.05) is 12.4 Å². The molecule has 1 saturated heterocycles. The van der Waals surface area contributed by atoms with E-state index in [0.29, 0.717) is 6.04 Å². The van der Waals surface area contributed by atoms with Crippen LogP contribution in [0, 0.1) is 5.92 Å².